The van der Waals surface area contributed by atoms with Gasteiger partial charge in [0.25, 0.3) is 0 Å². The lowest BCUT2D eigenvalue weighted by Gasteiger charge is -2.35. The Morgan fingerprint density at radius 1 is 1.39 bits per heavy atom. The van der Waals surface area contributed by atoms with Gasteiger partial charge < -0.3 is 10.2 Å². The van der Waals surface area contributed by atoms with Crippen molar-refractivity contribution < 1.29 is 4.79 Å². The molecule has 0 bridgehead atoms. The summed E-state index contributed by atoms with van der Waals surface area (Å²) in [6.07, 6.45) is 8.90. The zero-order valence-electron chi connectivity index (χ0n) is 11.5. The van der Waals surface area contributed by atoms with Gasteiger partial charge >= 0.3 is 0 Å². The van der Waals surface area contributed by atoms with Crippen LogP contribution in [0.3, 0.4) is 0 Å². The second kappa shape index (κ2) is 6.37. The van der Waals surface area contributed by atoms with Gasteiger partial charge in [-0.1, -0.05) is 25.8 Å². The van der Waals surface area contributed by atoms with E-state index in [1.807, 2.05) is 6.08 Å². The molecule has 0 aromatic rings. The maximum Gasteiger partial charge on any atom is 0.240 e. The number of nitrogens with zero attached hydrogens (tertiary/aromatic N) is 1. The first-order chi connectivity index (χ1) is 8.72. The minimum absolute atomic E-state index is 0.0364. The summed E-state index contributed by atoms with van der Waals surface area (Å²) in [4.78, 5) is 14.7. The maximum atomic E-state index is 12.6. The first kappa shape index (κ1) is 13.6. The van der Waals surface area contributed by atoms with Gasteiger partial charge in [-0.3, -0.25) is 4.79 Å². The lowest BCUT2D eigenvalue weighted by atomic mass is 9.93. The van der Waals surface area contributed by atoms with Crippen molar-refractivity contribution in [3.05, 3.63) is 12.7 Å². The molecule has 2 atom stereocenters. The molecule has 1 saturated heterocycles. The normalized spacial score (nSPS) is 29.2. The second-order valence-corrected chi connectivity index (χ2v) is 5.85. The van der Waals surface area contributed by atoms with E-state index in [1.54, 1.807) is 0 Å². The molecule has 3 heteroatoms. The molecule has 1 heterocycles. The SMILES string of the molecule is C=CCN(C(=O)C1CC(C)CCN1)C1CCCC1. The maximum absolute atomic E-state index is 12.6. The third-order valence-corrected chi connectivity index (χ3v) is 4.34. The van der Waals surface area contributed by atoms with Gasteiger partial charge in [-0.25, -0.2) is 0 Å². The molecular formula is C15H26N2O. The third kappa shape index (κ3) is 3.14. The first-order valence-electron chi connectivity index (χ1n) is 7.37. The van der Waals surface area contributed by atoms with Gasteiger partial charge in [0.05, 0.1) is 6.04 Å². The van der Waals surface area contributed by atoms with E-state index in [0.717, 1.165) is 13.0 Å². The first-order valence-corrected chi connectivity index (χ1v) is 7.37. The summed E-state index contributed by atoms with van der Waals surface area (Å²) >= 11 is 0. The molecule has 2 fully saturated rings. The van der Waals surface area contributed by atoms with Crippen molar-refractivity contribution in [3.8, 4) is 0 Å². The third-order valence-electron chi connectivity index (χ3n) is 4.34. The highest BCUT2D eigenvalue weighted by molar-refractivity contribution is 5.82. The molecule has 1 saturated carbocycles. The van der Waals surface area contributed by atoms with Crippen molar-refractivity contribution in [2.75, 3.05) is 13.1 Å². The lowest BCUT2D eigenvalue weighted by Crippen LogP contribution is -2.52. The van der Waals surface area contributed by atoms with Crippen molar-refractivity contribution in [2.45, 2.75) is 57.5 Å². The molecule has 1 aliphatic carbocycles. The van der Waals surface area contributed by atoms with E-state index in [2.05, 4.69) is 23.7 Å². The fourth-order valence-corrected chi connectivity index (χ4v) is 3.27. The predicted octanol–water partition coefficient (Wildman–Crippen LogP) is 2.33. The number of carbonyl (C=O) groups is 1. The van der Waals surface area contributed by atoms with E-state index in [-0.39, 0.29) is 6.04 Å². The van der Waals surface area contributed by atoms with Gasteiger partial charge in [-0.05, 0) is 38.1 Å². The number of rotatable bonds is 4. The molecule has 2 unspecified atom stereocenters. The molecule has 1 amide bonds. The van der Waals surface area contributed by atoms with Crippen LogP contribution in [0, 0.1) is 5.92 Å². The van der Waals surface area contributed by atoms with Crippen LogP contribution in [0.15, 0.2) is 12.7 Å². The standard InChI is InChI=1S/C15H26N2O/c1-3-10-17(13-6-4-5-7-13)15(18)14-11-12(2)8-9-16-14/h3,12-14,16H,1,4-11H2,2H3. The molecule has 0 aromatic carbocycles. The van der Waals surface area contributed by atoms with Crippen LogP contribution >= 0.6 is 0 Å². The largest absolute Gasteiger partial charge is 0.335 e. The fourth-order valence-electron chi connectivity index (χ4n) is 3.27. The van der Waals surface area contributed by atoms with Crippen LogP contribution in [0.4, 0.5) is 0 Å². The Hall–Kier alpha value is -0.830. The van der Waals surface area contributed by atoms with Crippen LogP contribution in [0.25, 0.3) is 0 Å². The molecule has 0 spiro atoms. The molecule has 1 N–H and O–H groups in total. The Morgan fingerprint density at radius 2 is 2.11 bits per heavy atom. The Labute approximate surface area is 111 Å². The highest BCUT2D eigenvalue weighted by Crippen LogP contribution is 2.25. The van der Waals surface area contributed by atoms with E-state index in [0.29, 0.717) is 24.4 Å². The second-order valence-electron chi connectivity index (χ2n) is 5.85. The fraction of sp³-hybridized carbons (Fsp3) is 0.800. The molecule has 3 nitrogen and oxygen atoms in total. The Morgan fingerprint density at radius 3 is 2.72 bits per heavy atom. The summed E-state index contributed by atoms with van der Waals surface area (Å²) in [6.45, 7) is 7.73. The van der Waals surface area contributed by atoms with E-state index >= 15 is 0 Å². The number of amides is 1. The highest BCUT2D eigenvalue weighted by Gasteiger charge is 2.32. The van der Waals surface area contributed by atoms with Crippen LogP contribution in [0.2, 0.25) is 0 Å². The minimum Gasteiger partial charge on any atom is -0.335 e. The van der Waals surface area contributed by atoms with Gasteiger partial charge in [-0.15, -0.1) is 6.58 Å². The van der Waals surface area contributed by atoms with Crippen molar-refractivity contribution in [3.63, 3.8) is 0 Å². The summed E-state index contributed by atoms with van der Waals surface area (Å²) in [6, 6.07) is 0.490. The summed E-state index contributed by atoms with van der Waals surface area (Å²) in [5.74, 6) is 0.961. The van der Waals surface area contributed by atoms with Gasteiger partial charge in [0.1, 0.15) is 0 Å². The molecule has 0 radical (unpaired) electrons. The van der Waals surface area contributed by atoms with E-state index < -0.39 is 0 Å². The quantitative estimate of drug-likeness (QED) is 0.777. The molecule has 0 aromatic heterocycles. The molecule has 2 aliphatic rings. The number of nitrogens with one attached hydrogen (secondary N) is 1. The molecule has 18 heavy (non-hydrogen) atoms. The molecule has 1 aliphatic heterocycles. The molecule has 2 rings (SSSR count). The van der Waals surface area contributed by atoms with Gasteiger partial charge in [-0.2, -0.15) is 0 Å². The zero-order chi connectivity index (χ0) is 13.0. The Kier molecular flexibility index (Phi) is 4.81. The van der Waals surface area contributed by atoms with E-state index in [9.17, 15) is 4.79 Å². The smallest absolute Gasteiger partial charge is 0.240 e. The predicted molar refractivity (Wildman–Crippen MR) is 74.4 cm³/mol. The zero-order valence-corrected chi connectivity index (χ0v) is 11.5. The van der Waals surface area contributed by atoms with Crippen molar-refractivity contribution in [2.24, 2.45) is 5.92 Å². The summed E-state index contributed by atoms with van der Waals surface area (Å²) in [5.41, 5.74) is 0. The van der Waals surface area contributed by atoms with Crippen LogP contribution in [0.1, 0.15) is 45.4 Å². The number of hydrogen-bond donors (Lipinski definition) is 1. The van der Waals surface area contributed by atoms with Crippen molar-refractivity contribution in [1.82, 2.24) is 10.2 Å². The van der Waals surface area contributed by atoms with E-state index in [1.165, 1.54) is 32.1 Å². The number of piperidine rings is 1. The minimum atomic E-state index is 0.0364. The Bertz CT molecular complexity index is 297. The average molecular weight is 250 g/mol. The van der Waals surface area contributed by atoms with Crippen molar-refractivity contribution in [1.29, 1.82) is 0 Å². The molecule has 102 valence electrons. The average Bonchev–Trinajstić information content (AvgIpc) is 2.89. The monoisotopic (exact) mass is 250 g/mol. The van der Waals surface area contributed by atoms with Gasteiger partial charge in [0, 0.05) is 12.6 Å². The van der Waals surface area contributed by atoms with E-state index in [4.69, 9.17) is 0 Å². The van der Waals surface area contributed by atoms with Crippen molar-refractivity contribution >= 4 is 5.91 Å². The highest BCUT2D eigenvalue weighted by atomic mass is 16.2. The summed E-state index contributed by atoms with van der Waals surface area (Å²) in [7, 11) is 0. The number of carbonyl (C=O) groups excluding carboxylic acids is 1. The van der Waals surface area contributed by atoms with Gasteiger partial charge in [0.2, 0.25) is 5.91 Å². The van der Waals surface area contributed by atoms with Crippen LogP contribution < -0.4 is 5.32 Å². The van der Waals surface area contributed by atoms with Gasteiger partial charge in [0.15, 0.2) is 0 Å². The topological polar surface area (TPSA) is 32.3 Å². The van der Waals surface area contributed by atoms with Crippen LogP contribution in [0.5, 0.6) is 0 Å². The molecular weight excluding hydrogens is 224 g/mol. The lowest BCUT2D eigenvalue weighted by molar-refractivity contribution is -0.136. The van der Waals surface area contributed by atoms with Crippen LogP contribution in [-0.2, 0) is 4.79 Å². The summed E-state index contributed by atoms with van der Waals surface area (Å²) in [5, 5.41) is 3.39. The number of hydrogen-bond acceptors (Lipinski definition) is 2. The summed E-state index contributed by atoms with van der Waals surface area (Å²) < 4.78 is 0. The van der Waals surface area contributed by atoms with Crippen LogP contribution in [-0.4, -0.2) is 36.0 Å². The Balaban J connectivity index is 1.99.